The zero-order valence-corrected chi connectivity index (χ0v) is 12.5. The molecule has 2 saturated heterocycles. The predicted molar refractivity (Wildman–Crippen MR) is 77.7 cm³/mol. The number of carbonyl (C=O) groups excluding carboxylic acids is 1. The third-order valence-corrected chi connectivity index (χ3v) is 3.50. The van der Waals surface area contributed by atoms with Crippen LogP contribution in [0.3, 0.4) is 0 Å². The zero-order chi connectivity index (χ0) is 11.5. The van der Waals surface area contributed by atoms with E-state index in [0.717, 1.165) is 52.1 Å². The monoisotopic (exact) mass is 298 g/mol. The molecule has 0 saturated carbocycles. The Morgan fingerprint density at radius 1 is 1.06 bits per heavy atom. The minimum Gasteiger partial charge on any atom is -0.326 e. The summed E-state index contributed by atoms with van der Waals surface area (Å²) in [6, 6.07) is 0.355. The molecule has 2 aliphatic rings. The Labute approximate surface area is 121 Å². The number of likely N-dealkylation sites (tertiary alicyclic amines) is 1. The molecule has 0 spiro atoms. The van der Waals surface area contributed by atoms with Gasteiger partial charge in [-0.3, -0.25) is 0 Å². The summed E-state index contributed by atoms with van der Waals surface area (Å²) in [7, 11) is 2.10. The van der Waals surface area contributed by atoms with Crippen molar-refractivity contribution in [2.24, 2.45) is 5.73 Å². The second-order valence-corrected chi connectivity index (χ2v) is 4.92. The van der Waals surface area contributed by atoms with E-state index in [4.69, 9.17) is 5.73 Å². The molecule has 0 aromatic heterocycles. The average molecular weight is 299 g/mol. The van der Waals surface area contributed by atoms with E-state index in [1.807, 2.05) is 9.80 Å². The van der Waals surface area contributed by atoms with E-state index in [9.17, 15) is 4.79 Å². The van der Waals surface area contributed by atoms with Gasteiger partial charge in [0.2, 0.25) is 0 Å². The maximum atomic E-state index is 12.2. The summed E-state index contributed by atoms with van der Waals surface area (Å²) in [5.74, 6) is 0. The SMILES string of the molecule is CN1CCN(C(=O)N2CCC[C@@H](N)C2)CC1.Cl.Cl. The van der Waals surface area contributed by atoms with Crippen LogP contribution in [-0.4, -0.2) is 73.1 Å². The summed E-state index contributed by atoms with van der Waals surface area (Å²) in [4.78, 5) is 18.3. The average Bonchev–Trinajstić information content (AvgIpc) is 2.29. The molecule has 108 valence electrons. The number of nitrogens with zero attached hydrogens (tertiary/aromatic N) is 3. The number of hydrogen-bond acceptors (Lipinski definition) is 3. The van der Waals surface area contributed by atoms with Gasteiger partial charge in [0.05, 0.1) is 0 Å². The van der Waals surface area contributed by atoms with Crippen LogP contribution in [0, 0.1) is 0 Å². The van der Waals surface area contributed by atoms with Crippen LogP contribution in [0.25, 0.3) is 0 Å². The number of likely N-dealkylation sites (N-methyl/N-ethyl adjacent to an activating group) is 1. The summed E-state index contributed by atoms with van der Waals surface area (Å²) >= 11 is 0. The van der Waals surface area contributed by atoms with E-state index in [-0.39, 0.29) is 36.9 Å². The van der Waals surface area contributed by atoms with Crippen LogP contribution in [0.4, 0.5) is 4.79 Å². The molecule has 0 aromatic carbocycles. The first-order valence-electron chi connectivity index (χ1n) is 6.15. The van der Waals surface area contributed by atoms with Crippen LogP contribution in [0.2, 0.25) is 0 Å². The van der Waals surface area contributed by atoms with E-state index in [0.29, 0.717) is 0 Å². The van der Waals surface area contributed by atoms with Gasteiger partial charge in [0, 0.05) is 45.3 Å². The zero-order valence-electron chi connectivity index (χ0n) is 10.9. The van der Waals surface area contributed by atoms with Crippen molar-refractivity contribution in [2.45, 2.75) is 18.9 Å². The van der Waals surface area contributed by atoms with Crippen molar-refractivity contribution in [3.05, 3.63) is 0 Å². The first-order chi connectivity index (χ1) is 7.66. The molecular formula is C11H24Cl2N4O. The number of hydrogen-bond donors (Lipinski definition) is 1. The number of carbonyl (C=O) groups is 1. The molecule has 0 unspecified atom stereocenters. The summed E-state index contributed by atoms with van der Waals surface area (Å²) in [6.45, 7) is 5.25. The predicted octanol–water partition coefficient (Wildman–Crippen LogP) is 0.621. The van der Waals surface area contributed by atoms with Crippen molar-refractivity contribution in [2.75, 3.05) is 46.3 Å². The Balaban J connectivity index is 0.00000144. The Hall–Kier alpha value is -0.230. The van der Waals surface area contributed by atoms with E-state index < -0.39 is 0 Å². The number of piperidine rings is 1. The fraction of sp³-hybridized carbons (Fsp3) is 0.909. The lowest BCUT2D eigenvalue weighted by Crippen LogP contribution is -2.55. The largest absolute Gasteiger partial charge is 0.326 e. The van der Waals surface area contributed by atoms with Crippen molar-refractivity contribution in [3.8, 4) is 0 Å². The van der Waals surface area contributed by atoms with E-state index in [2.05, 4.69) is 11.9 Å². The van der Waals surface area contributed by atoms with Gasteiger partial charge in [0.15, 0.2) is 0 Å². The smallest absolute Gasteiger partial charge is 0.320 e. The fourth-order valence-electron chi connectivity index (χ4n) is 2.38. The minimum atomic E-state index is 0. The number of nitrogens with two attached hydrogens (primary N) is 1. The van der Waals surface area contributed by atoms with Crippen molar-refractivity contribution in [1.29, 1.82) is 0 Å². The van der Waals surface area contributed by atoms with Crippen molar-refractivity contribution in [1.82, 2.24) is 14.7 Å². The molecule has 2 rings (SSSR count). The molecule has 2 heterocycles. The highest BCUT2D eigenvalue weighted by molar-refractivity contribution is 5.85. The molecule has 0 radical (unpaired) electrons. The highest BCUT2D eigenvalue weighted by atomic mass is 35.5. The molecular weight excluding hydrogens is 275 g/mol. The first kappa shape index (κ1) is 17.8. The normalized spacial score (nSPS) is 25.1. The Morgan fingerprint density at radius 2 is 1.67 bits per heavy atom. The molecule has 0 bridgehead atoms. The van der Waals surface area contributed by atoms with Crippen LogP contribution in [0.15, 0.2) is 0 Å². The lowest BCUT2D eigenvalue weighted by Gasteiger charge is -2.38. The van der Waals surface area contributed by atoms with Gasteiger partial charge in [-0.15, -0.1) is 24.8 Å². The standard InChI is InChI=1S/C11H22N4O.2ClH/c1-13-5-7-14(8-6-13)11(16)15-4-2-3-10(12)9-15;;/h10H,2-9,12H2,1H3;2*1H/t10-;;/m1../s1. The lowest BCUT2D eigenvalue weighted by atomic mass is 10.1. The highest BCUT2D eigenvalue weighted by Crippen LogP contribution is 2.12. The fourth-order valence-corrected chi connectivity index (χ4v) is 2.38. The van der Waals surface area contributed by atoms with Crippen LogP contribution in [0.5, 0.6) is 0 Å². The molecule has 7 heteroatoms. The van der Waals surface area contributed by atoms with Gasteiger partial charge in [0.25, 0.3) is 0 Å². The molecule has 18 heavy (non-hydrogen) atoms. The molecule has 2 N–H and O–H groups in total. The molecule has 2 amide bonds. The van der Waals surface area contributed by atoms with Gasteiger partial charge in [-0.25, -0.2) is 4.79 Å². The number of piperazine rings is 1. The van der Waals surface area contributed by atoms with E-state index >= 15 is 0 Å². The number of amides is 2. The maximum Gasteiger partial charge on any atom is 0.320 e. The van der Waals surface area contributed by atoms with Gasteiger partial charge in [0.1, 0.15) is 0 Å². The summed E-state index contributed by atoms with van der Waals surface area (Å²) in [5.41, 5.74) is 5.89. The minimum absolute atomic E-state index is 0. The van der Waals surface area contributed by atoms with E-state index in [1.165, 1.54) is 0 Å². The first-order valence-corrected chi connectivity index (χ1v) is 6.15. The Morgan fingerprint density at radius 3 is 2.22 bits per heavy atom. The number of rotatable bonds is 0. The van der Waals surface area contributed by atoms with Gasteiger partial charge in [-0.1, -0.05) is 0 Å². The maximum absolute atomic E-state index is 12.2. The van der Waals surface area contributed by atoms with Crippen molar-refractivity contribution < 1.29 is 4.79 Å². The van der Waals surface area contributed by atoms with Crippen molar-refractivity contribution >= 4 is 30.8 Å². The van der Waals surface area contributed by atoms with Gasteiger partial charge in [-0.2, -0.15) is 0 Å². The van der Waals surface area contributed by atoms with Crippen LogP contribution >= 0.6 is 24.8 Å². The molecule has 2 fully saturated rings. The molecule has 5 nitrogen and oxygen atoms in total. The summed E-state index contributed by atoms with van der Waals surface area (Å²) in [5, 5.41) is 0. The second kappa shape index (κ2) is 8.04. The molecule has 0 aliphatic carbocycles. The van der Waals surface area contributed by atoms with Gasteiger partial charge >= 0.3 is 6.03 Å². The quantitative estimate of drug-likeness (QED) is 0.713. The van der Waals surface area contributed by atoms with Crippen molar-refractivity contribution in [3.63, 3.8) is 0 Å². The van der Waals surface area contributed by atoms with Gasteiger partial charge < -0.3 is 20.4 Å². The summed E-state index contributed by atoms with van der Waals surface area (Å²) < 4.78 is 0. The van der Waals surface area contributed by atoms with Gasteiger partial charge in [-0.05, 0) is 19.9 Å². The molecule has 2 aliphatic heterocycles. The third-order valence-electron chi connectivity index (χ3n) is 3.50. The van der Waals surface area contributed by atoms with E-state index in [1.54, 1.807) is 0 Å². The topological polar surface area (TPSA) is 52.8 Å². The summed E-state index contributed by atoms with van der Waals surface area (Å²) in [6.07, 6.45) is 2.09. The lowest BCUT2D eigenvalue weighted by molar-refractivity contribution is 0.113. The highest BCUT2D eigenvalue weighted by Gasteiger charge is 2.27. The Bertz CT molecular complexity index is 259. The van der Waals surface area contributed by atoms with Crippen LogP contribution in [-0.2, 0) is 0 Å². The number of halogens is 2. The third kappa shape index (κ3) is 4.46. The van der Waals surface area contributed by atoms with Crippen LogP contribution < -0.4 is 5.73 Å². The number of urea groups is 1. The Kier molecular flexibility index (Phi) is 7.94. The molecule has 0 aromatic rings. The molecule has 1 atom stereocenters. The van der Waals surface area contributed by atoms with Crippen LogP contribution in [0.1, 0.15) is 12.8 Å². The second-order valence-electron chi connectivity index (χ2n) is 4.92.